The number of carbonyl (C=O) groups is 2. The zero-order valence-corrected chi connectivity index (χ0v) is 14.2. The first-order valence-electron chi connectivity index (χ1n) is 8.16. The van der Waals surface area contributed by atoms with Crippen molar-refractivity contribution in [3.63, 3.8) is 0 Å². The monoisotopic (exact) mass is 321 g/mol. The Balaban J connectivity index is 2.47. The van der Waals surface area contributed by atoms with E-state index in [0.717, 1.165) is 18.4 Å². The van der Waals surface area contributed by atoms with E-state index in [4.69, 9.17) is 9.47 Å². The summed E-state index contributed by atoms with van der Waals surface area (Å²) in [7, 11) is 0. The second-order valence-corrected chi connectivity index (χ2v) is 5.91. The Kier molecular flexibility index (Phi) is 8.80. The molecule has 1 unspecified atom stereocenters. The van der Waals surface area contributed by atoms with Crippen molar-refractivity contribution in [1.29, 1.82) is 0 Å². The molecule has 1 amide bonds. The molecule has 0 aliphatic rings. The van der Waals surface area contributed by atoms with Crippen molar-refractivity contribution >= 4 is 12.1 Å². The fourth-order valence-corrected chi connectivity index (χ4v) is 2.01. The van der Waals surface area contributed by atoms with Gasteiger partial charge in [0.15, 0.2) is 0 Å². The average molecular weight is 321 g/mol. The maximum absolute atomic E-state index is 12.1. The summed E-state index contributed by atoms with van der Waals surface area (Å²) in [6, 6.07) is 8.73. The van der Waals surface area contributed by atoms with Crippen LogP contribution in [-0.4, -0.2) is 24.7 Å². The van der Waals surface area contributed by atoms with Gasteiger partial charge in [-0.25, -0.2) is 9.59 Å². The van der Waals surface area contributed by atoms with Crippen LogP contribution in [0.2, 0.25) is 0 Å². The molecule has 1 aromatic rings. The van der Waals surface area contributed by atoms with Gasteiger partial charge >= 0.3 is 12.1 Å². The highest BCUT2D eigenvalue weighted by Gasteiger charge is 2.24. The van der Waals surface area contributed by atoms with E-state index in [2.05, 4.69) is 5.32 Å². The minimum atomic E-state index is -0.671. The van der Waals surface area contributed by atoms with Gasteiger partial charge in [-0.1, -0.05) is 57.5 Å². The van der Waals surface area contributed by atoms with Crippen LogP contribution in [0.1, 0.15) is 45.6 Å². The SMILES string of the molecule is CCCCOC(=O)C(CC(C)C)NC(=O)OCc1ccccc1. The van der Waals surface area contributed by atoms with Crippen LogP contribution in [0.5, 0.6) is 0 Å². The smallest absolute Gasteiger partial charge is 0.408 e. The Labute approximate surface area is 138 Å². The number of hydrogen-bond acceptors (Lipinski definition) is 4. The number of benzene rings is 1. The van der Waals surface area contributed by atoms with Crippen LogP contribution in [-0.2, 0) is 20.9 Å². The van der Waals surface area contributed by atoms with Crippen molar-refractivity contribution in [3.05, 3.63) is 35.9 Å². The molecule has 128 valence electrons. The van der Waals surface area contributed by atoms with Crippen LogP contribution in [0.3, 0.4) is 0 Å². The molecular weight excluding hydrogens is 294 g/mol. The average Bonchev–Trinajstić information content (AvgIpc) is 2.53. The van der Waals surface area contributed by atoms with E-state index in [1.165, 1.54) is 0 Å². The number of amides is 1. The largest absolute Gasteiger partial charge is 0.464 e. The lowest BCUT2D eigenvalue weighted by Gasteiger charge is -2.19. The van der Waals surface area contributed by atoms with E-state index >= 15 is 0 Å². The Morgan fingerprint density at radius 3 is 2.43 bits per heavy atom. The van der Waals surface area contributed by atoms with Crippen molar-refractivity contribution in [2.75, 3.05) is 6.61 Å². The summed E-state index contributed by atoms with van der Waals surface area (Å²) in [5, 5.41) is 2.61. The Bertz CT molecular complexity index is 473. The fraction of sp³-hybridized carbons (Fsp3) is 0.556. The number of esters is 1. The van der Waals surface area contributed by atoms with Crippen molar-refractivity contribution in [3.8, 4) is 0 Å². The predicted molar refractivity (Wildman–Crippen MR) is 88.9 cm³/mol. The first kappa shape index (κ1) is 19.0. The first-order valence-corrected chi connectivity index (χ1v) is 8.16. The van der Waals surface area contributed by atoms with Crippen LogP contribution in [0.25, 0.3) is 0 Å². The summed E-state index contributed by atoms with van der Waals surface area (Å²) >= 11 is 0. The number of hydrogen-bond donors (Lipinski definition) is 1. The third-order valence-electron chi connectivity index (χ3n) is 3.24. The van der Waals surface area contributed by atoms with E-state index < -0.39 is 18.1 Å². The van der Waals surface area contributed by atoms with Crippen molar-refractivity contribution in [1.82, 2.24) is 5.32 Å². The highest BCUT2D eigenvalue weighted by Crippen LogP contribution is 2.08. The topological polar surface area (TPSA) is 64.6 Å². The Hall–Kier alpha value is -2.04. The molecule has 0 aromatic heterocycles. The molecule has 0 bridgehead atoms. The molecule has 0 radical (unpaired) electrons. The van der Waals surface area contributed by atoms with Gasteiger partial charge in [0.05, 0.1) is 6.61 Å². The highest BCUT2D eigenvalue weighted by molar-refractivity contribution is 5.81. The zero-order valence-electron chi connectivity index (χ0n) is 14.2. The number of nitrogens with one attached hydrogen (secondary N) is 1. The summed E-state index contributed by atoms with van der Waals surface area (Å²) in [5.74, 6) is -0.142. The molecule has 5 heteroatoms. The lowest BCUT2D eigenvalue weighted by molar-refractivity contribution is -0.146. The van der Waals surface area contributed by atoms with Crippen LogP contribution >= 0.6 is 0 Å². The minimum Gasteiger partial charge on any atom is -0.464 e. The second kappa shape index (κ2) is 10.6. The van der Waals surface area contributed by atoms with Crippen LogP contribution in [0.15, 0.2) is 30.3 Å². The summed E-state index contributed by atoms with van der Waals surface area (Å²) in [6.07, 6.45) is 1.69. The summed E-state index contributed by atoms with van der Waals surface area (Å²) < 4.78 is 10.4. The van der Waals surface area contributed by atoms with Crippen LogP contribution in [0.4, 0.5) is 4.79 Å². The van der Waals surface area contributed by atoms with E-state index in [9.17, 15) is 9.59 Å². The van der Waals surface area contributed by atoms with E-state index in [1.54, 1.807) is 0 Å². The predicted octanol–water partition coefficient (Wildman–Crippen LogP) is 3.67. The molecule has 0 aliphatic carbocycles. The lowest BCUT2D eigenvalue weighted by atomic mass is 10.0. The normalized spacial score (nSPS) is 11.8. The molecule has 1 atom stereocenters. The molecule has 0 saturated carbocycles. The second-order valence-electron chi connectivity index (χ2n) is 5.91. The minimum absolute atomic E-state index is 0.173. The van der Waals surface area contributed by atoms with E-state index in [0.29, 0.717) is 13.0 Å². The maximum atomic E-state index is 12.1. The molecule has 5 nitrogen and oxygen atoms in total. The summed E-state index contributed by atoms with van der Waals surface area (Å²) in [5.41, 5.74) is 0.897. The third-order valence-corrected chi connectivity index (χ3v) is 3.24. The van der Waals surface area contributed by atoms with Crippen molar-refractivity contribution < 1.29 is 19.1 Å². The zero-order chi connectivity index (χ0) is 17.1. The van der Waals surface area contributed by atoms with Gasteiger partial charge in [0.1, 0.15) is 12.6 Å². The van der Waals surface area contributed by atoms with Crippen LogP contribution < -0.4 is 5.32 Å². The van der Waals surface area contributed by atoms with Crippen LogP contribution in [0, 0.1) is 5.92 Å². The lowest BCUT2D eigenvalue weighted by Crippen LogP contribution is -2.43. The molecular formula is C18H27NO4. The highest BCUT2D eigenvalue weighted by atomic mass is 16.6. The molecule has 1 aromatic carbocycles. The van der Waals surface area contributed by atoms with Crippen molar-refractivity contribution in [2.24, 2.45) is 5.92 Å². The molecule has 0 aliphatic heterocycles. The standard InChI is InChI=1S/C18H27NO4/c1-4-5-11-22-17(20)16(12-14(2)3)19-18(21)23-13-15-9-7-6-8-10-15/h6-10,14,16H,4-5,11-13H2,1-3H3,(H,19,21). The van der Waals surface area contributed by atoms with E-state index in [1.807, 2.05) is 51.1 Å². The summed E-state index contributed by atoms with van der Waals surface area (Å²) in [6.45, 7) is 6.56. The molecule has 0 heterocycles. The quantitative estimate of drug-likeness (QED) is 0.557. The van der Waals surface area contributed by atoms with Gasteiger partial charge in [0.25, 0.3) is 0 Å². The third kappa shape index (κ3) is 8.24. The number of unbranched alkanes of at least 4 members (excludes halogenated alkanes) is 1. The molecule has 0 saturated heterocycles. The number of ether oxygens (including phenoxy) is 2. The first-order chi connectivity index (χ1) is 11.0. The van der Waals surface area contributed by atoms with Gasteiger partial charge in [-0.15, -0.1) is 0 Å². The Morgan fingerprint density at radius 1 is 1.13 bits per heavy atom. The number of rotatable bonds is 9. The summed E-state index contributed by atoms with van der Waals surface area (Å²) in [4.78, 5) is 24.0. The molecule has 0 fully saturated rings. The molecule has 0 spiro atoms. The van der Waals surface area contributed by atoms with E-state index in [-0.39, 0.29) is 12.5 Å². The number of alkyl carbamates (subject to hydrolysis) is 1. The molecule has 1 N–H and O–H groups in total. The number of carbonyl (C=O) groups excluding carboxylic acids is 2. The van der Waals surface area contributed by atoms with Gasteiger partial charge in [-0.2, -0.15) is 0 Å². The molecule has 1 rings (SSSR count). The van der Waals surface area contributed by atoms with Crippen molar-refractivity contribution in [2.45, 2.75) is 52.7 Å². The Morgan fingerprint density at radius 2 is 1.83 bits per heavy atom. The van der Waals surface area contributed by atoms with Gasteiger partial charge < -0.3 is 14.8 Å². The van der Waals surface area contributed by atoms with Gasteiger partial charge in [0.2, 0.25) is 0 Å². The van der Waals surface area contributed by atoms with Gasteiger partial charge in [0, 0.05) is 0 Å². The molecule has 23 heavy (non-hydrogen) atoms. The fourth-order valence-electron chi connectivity index (χ4n) is 2.01. The maximum Gasteiger partial charge on any atom is 0.408 e. The van der Waals surface area contributed by atoms with Gasteiger partial charge in [-0.3, -0.25) is 0 Å². The van der Waals surface area contributed by atoms with Gasteiger partial charge in [-0.05, 0) is 24.3 Å².